The van der Waals surface area contributed by atoms with Crippen LogP contribution >= 0.6 is 11.8 Å². The normalized spacial score (nSPS) is 10.4. The average Bonchev–Trinajstić information content (AvgIpc) is 2.96. The van der Waals surface area contributed by atoms with Gasteiger partial charge in [-0.15, -0.1) is 0 Å². The zero-order valence-electron chi connectivity index (χ0n) is 10.7. The lowest BCUT2D eigenvalue weighted by Gasteiger charge is -2.04. The van der Waals surface area contributed by atoms with Gasteiger partial charge in [0.15, 0.2) is 5.16 Å². The summed E-state index contributed by atoms with van der Waals surface area (Å²) in [5.74, 6) is 0.780. The number of aromatic amines is 1. The minimum Gasteiger partial charge on any atom is -0.352 e. The number of hydrogen-bond donors (Lipinski definition) is 2. The molecule has 1 amide bonds. The standard InChI is InChI=1S/C13H16N4OS/c1-2-7-14-12(18)11-5-3-10(4-6-11)8-19-13-15-9-16-17-13/h3-6,9H,2,7-8H2,1H3,(H,14,18)(H,15,16,17). The first-order chi connectivity index (χ1) is 9.29. The molecule has 0 bridgehead atoms. The molecule has 5 nitrogen and oxygen atoms in total. The summed E-state index contributed by atoms with van der Waals surface area (Å²) in [4.78, 5) is 15.8. The van der Waals surface area contributed by atoms with Crippen LogP contribution in [-0.2, 0) is 5.75 Å². The van der Waals surface area contributed by atoms with Crippen molar-refractivity contribution in [2.24, 2.45) is 0 Å². The predicted molar refractivity (Wildman–Crippen MR) is 75.0 cm³/mol. The van der Waals surface area contributed by atoms with Gasteiger partial charge in [0.1, 0.15) is 6.33 Å². The average molecular weight is 276 g/mol. The van der Waals surface area contributed by atoms with Crippen molar-refractivity contribution in [1.82, 2.24) is 20.5 Å². The van der Waals surface area contributed by atoms with Crippen molar-refractivity contribution in [2.75, 3.05) is 6.54 Å². The van der Waals surface area contributed by atoms with E-state index in [-0.39, 0.29) is 5.91 Å². The number of hydrogen-bond acceptors (Lipinski definition) is 4. The first kappa shape index (κ1) is 13.6. The van der Waals surface area contributed by atoms with E-state index in [9.17, 15) is 4.79 Å². The molecule has 2 N–H and O–H groups in total. The highest BCUT2D eigenvalue weighted by Gasteiger charge is 2.04. The van der Waals surface area contributed by atoms with Crippen molar-refractivity contribution in [3.63, 3.8) is 0 Å². The van der Waals surface area contributed by atoms with Crippen LogP contribution in [0.2, 0.25) is 0 Å². The van der Waals surface area contributed by atoms with Gasteiger partial charge in [0, 0.05) is 17.9 Å². The van der Waals surface area contributed by atoms with Gasteiger partial charge in [0.25, 0.3) is 5.91 Å². The van der Waals surface area contributed by atoms with Gasteiger partial charge in [-0.3, -0.25) is 9.89 Å². The van der Waals surface area contributed by atoms with E-state index in [1.165, 1.54) is 6.33 Å². The third-order valence-corrected chi connectivity index (χ3v) is 3.47. The van der Waals surface area contributed by atoms with Gasteiger partial charge >= 0.3 is 0 Å². The lowest BCUT2D eigenvalue weighted by atomic mass is 10.1. The van der Waals surface area contributed by atoms with Crippen molar-refractivity contribution in [3.05, 3.63) is 41.7 Å². The summed E-state index contributed by atoms with van der Waals surface area (Å²) in [6.07, 6.45) is 2.43. The van der Waals surface area contributed by atoms with Crippen LogP contribution in [0.25, 0.3) is 0 Å². The molecule has 0 spiro atoms. The van der Waals surface area contributed by atoms with Crippen LogP contribution in [0.15, 0.2) is 35.7 Å². The SMILES string of the molecule is CCCNC(=O)c1ccc(CSc2ncn[nH]2)cc1. The Kier molecular flexibility index (Phi) is 4.97. The number of aromatic nitrogens is 3. The summed E-state index contributed by atoms with van der Waals surface area (Å²) >= 11 is 1.58. The van der Waals surface area contributed by atoms with E-state index in [0.717, 1.165) is 22.9 Å². The second-order valence-corrected chi connectivity index (χ2v) is 5.00. The van der Waals surface area contributed by atoms with E-state index in [1.807, 2.05) is 31.2 Å². The van der Waals surface area contributed by atoms with Crippen LogP contribution in [0.1, 0.15) is 29.3 Å². The lowest BCUT2D eigenvalue weighted by Crippen LogP contribution is -2.23. The van der Waals surface area contributed by atoms with Crippen LogP contribution in [0.4, 0.5) is 0 Å². The monoisotopic (exact) mass is 276 g/mol. The van der Waals surface area contributed by atoms with E-state index in [1.54, 1.807) is 11.8 Å². The predicted octanol–water partition coefficient (Wildman–Crippen LogP) is 2.24. The zero-order valence-corrected chi connectivity index (χ0v) is 11.5. The molecule has 19 heavy (non-hydrogen) atoms. The Morgan fingerprint density at radius 3 is 2.79 bits per heavy atom. The molecular formula is C13H16N4OS. The Balaban J connectivity index is 1.89. The third-order valence-electron chi connectivity index (χ3n) is 2.52. The second-order valence-electron chi connectivity index (χ2n) is 4.03. The molecule has 0 aliphatic heterocycles. The molecule has 2 aromatic rings. The fourth-order valence-corrected chi connectivity index (χ4v) is 2.24. The summed E-state index contributed by atoms with van der Waals surface area (Å²) in [5.41, 5.74) is 1.84. The van der Waals surface area contributed by atoms with Gasteiger partial charge < -0.3 is 5.32 Å². The maximum absolute atomic E-state index is 11.7. The van der Waals surface area contributed by atoms with E-state index in [4.69, 9.17) is 0 Å². The largest absolute Gasteiger partial charge is 0.352 e. The fraction of sp³-hybridized carbons (Fsp3) is 0.308. The van der Waals surface area contributed by atoms with E-state index in [0.29, 0.717) is 12.1 Å². The highest BCUT2D eigenvalue weighted by atomic mass is 32.2. The molecular weight excluding hydrogens is 260 g/mol. The molecule has 0 atom stereocenters. The Morgan fingerprint density at radius 1 is 1.37 bits per heavy atom. The molecule has 2 rings (SSSR count). The molecule has 6 heteroatoms. The second kappa shape index (κ2) is 6.94. The molecule has 100 valence electrons. The van der Waals surface area contributed by atoms with Crippen LogP contribution < -0.4 is 5.32 Å². The summed E-state index contributed by atoms with van der Waals surface area (Å²) in [7, 11) is 0. The Hall–Kier alpha value is -1.82. The number of rotatable bonds is 6. The summed E-state index contributed by atoms with van der Waals surface area (Å²) < 4.78 is 0. The van der Waals surface area contributed by atoms with Crippen molar-refractivity contribution in [2.45, 2.75) is 24.3 Å². The first-order valence-corrected chi connectivity index (χ1v) is 7.13. The molecule has 0 unspecified atom stereocenters. The number of amides is 1. The number of carbonyl (C=O) groups excluding carboxylic acids is 1. The van der Waals surface area contributed by atoms with E-state index < -0.39 is 0 Å². The van der Waals surface area contributed by atoms with Gasteiger partial charge in [0.2, 0.25) is 0 Å². The van der Waals surface area contributed by atoms with Crippen molar-refractivity contribution in [3.8, 4) is 0 Å². The van der Waals surface area contributed by atoms with E-state index >= 15 is 0 Å². The summed E-state index contributed by atoms with van der Waals surface area (Å²) in [6.45, 7) is 2.74. The number of nitrogens with one attached hydrogen (secondary N) is 2. The van der Waals surface area contributed by atoms with Crippen LogP contribution in [0.5, 0.6) is 0 Å². The molecule has 0 fully saturated rings. The van der Waals surface area contributed by atoms with Crippen molar-refractivity contribution in [1.29, 1.82) is 0 Å². The molecule has 1 heterocycles. The Morgan fingerprint density at radius 2 is 2.16 bits per heavy atom. The summed E-state index contributed by atoms with van der Waals surface area (Å²) in [6, 6.07) is 7.62. The smallest absolute Gasteiger partial charge is 0.251 e. The maximum atomic E-state index is 11.7. The quantitative estimate of drug-likeness (QED) is 0.794. The molecule has 1 aromatic heterocycles. The molecule has 0 saturated heterocycles. The first-order valence-electron chi connectivity index (χ1n) is 6.15. The molecule has 1 aromatic carbocycles. The number of nitrogens with zero attached hydrogens (tertiary/aromatic N) is 2. The fourth-order valence-electron chi connectivity index (χ4n) is 1.51. The summed E-state index contributed by atoms with van der Waals surface area (Å²) in [5, 5.41) is 10.2. The molecule has 0 radical (unpaired) electrons. The highest BCUT2D eigenvalue weighted by molar-refractivity contribution is 7.98. The number of benzene rings is 1. The van der Waals surface area contributed by atoms with Gasteiger partial charge in [-0.1, -0.05) is 30.8 Å². The highest BCUT2D eigenvalue weighted by Crippen LogP contribution is 2.18. The molecule has 0 saturated carbocycles. The molecule has 0 aliphatic carbocycles. The molecule has 0 aliphatic rings. The Labute approximate surface area is 116 Å². The number of thioether (sulfide) groups is 1. The van der Waals surface area contributed by atoms with Gasteiger partial charge in [-0.2, -0.15) is 5.10 Å². The van der Waals surface area contributed by atoms with Crippen LogP contribution in [0, 0.1) is 0 Å². The minimum atomic E-state index is -0.0173. The third kappa shape index (κ3) is 4.10. The van der Waals surface area contributed by atoms with Gasteiger partial charge in [-0.25, -0.2) is 4.98 Å². The maximum Gasteiger partial charge on any atom is 0.251 e. The van der Waals surface area contributed by atoms with Crippen LogP contribution in [-0.4, -0.2) is 27.6 Å². The van der Waals surface area contributed by atoms with Crippen molar-refractivity contribution >= 4 is 17.7 Å². The van der Waals surface area contributed by atoms with E-state index in [2.05, 4.69) is 20.5 Å². The zero-order chi connectivity index (χ0) is 13.5. The van der Waals surface area contributed by atoms with Gasteiger partial charge in [-0.05, 0) is 24.1 Å². The lowest BCUT2D eigenvalue weighted by molar-refractivity contribution is 0.0953. The van der Waals surface area contributed by atoms with Crippen molar-refractivity contribution < 1.29 is 4.79 Å². The van der Waals surface area contributed by atoms with Crippen LogP contribution in [0.3, 0.4) is 0 Å². The number of H-pyrrole nitrogens is 1. The van der Waals surface area contributed by atoms with Gasteiger partial charge in [0.05, 0.1) is 0 Å². The number of carbonyl (C=O) groups is 1. The topological polar surface area (TPSA) is 70.7 Å². The minimum absolute atomic E-state index is 0.0173. The Bertz CT molecular complexity index is 510.